The molecule has 0 atom stereocenters. The summed E-state index contributed by atoms with van der Waals surface area (Å²) in [4.78, 5) is 4.51. The standard InChI is InChI=1S/C16H16FN3/c1-3-20-15(11-4-6-13(17)7-5-11)9-12-8-14(18-2)10-19-16(12)20/h4-10,18H,3H2,1-2H3. The van der Waals surface area contributed by atoms with E-state index in [4.69, 9.17) is 0 Å². The SMILES string of the molecule is CCn1c(-c2ccc(F)cc2)cc2cc(NC)cnc21. The van der Waals surface area contributed by atoms with E-state index in [0.717, 1.165) is 34.5 Å². The highest BCUT2D eigenvalue weighted by molar-refractivity contribution is 5.86. The Labute approximate surface area is 117 Å². The van der Waals surface area contributed by atoms with Crippen LogP contribution in [0, 0.1) is 5.82 Å². The molecule has 0 aliphatic carbocycles. The van der Waals surface area contributed by atoms with Gasteiger partial charge in [0, 0.05) is 19.0 Å². The fraction of sp³-hybridized carbons (Fsp3) is 0.188. The molecule has 0 bridgehead atoms. The molecule has 3 aromatic rings. The number of benzene rings is 1. The second-order valence-electron chi connectivity index (χ2n) is 4.67. The molecule has 102 valence electrons. The van der Waals surface area contributed by atoms with E-state index in [1.807, 2.05) is 13.2 Å². The number of pyridine rings is 1. The predicted octanol–water partition coefficient (Wildman–Crippen LogP) is 3.90. The van der Waals surface area contributed by atoms with Gasteiger partial charge in [-0.05, 0) is 48.9 Å². The van der Waals surface area contributed by atoms with Gasteiger partial charge < -0.3 is 9.88 Å². The van der Waals surface area contributed by atoms with Crippen LogP contribution in [0.3, 0.4) is 0 Å². The second kappa shape index (κ2) is 4.96. The molecule has 3 nitrogen and oxygen atoms in total. The van der Waals surface area contributed by atoms with Crippen molar-refractivity contribution in [3.63, 3.8) is 0 Å². The summed E-state index contributed by atoms with van der Waals surface area (Å²) in [7, 11) is 1.88. The highest BCUT2D eigenvalue weighted by Crippen LogP contribution is 2.28. The monoisotopic (exact) mass is 269 g/mol. The van der Waals surface area contributed by atoms with Gasteiger partial charge in [0.1, 0.15) is 11.5 Å². The summed E-state index contributed by atoms with van der Waals surface area (Å²) in [5.41, 5.74) is 3.99. The Morgan fingerprint density at radius 2 is 1.95 bits per heavy atom. The number of anilines is 1. The maximum atomic E-state index is 13.1. The van der Waals surface area contributed by atoms with Crippen molar-refractivity contribution in [2.75, 3.05) is 12.4 Å². The lowest BCUT2D eigenvalue weighted by Crippen LogP contribution is -1.98. The summed E-state index contributed by atoms with van der Waals surface area (Å²) < 4.78 is 15.2. The lowest BCUT2D eigenvalue weighted by Gasteiger charge is -2.07. The van der Waals surface area contributed by atoms with Crippen LogP contribution >= 0.6 is 0 Å². The average molecular weight is 269 g/mol. The minimum Gasteiger partial charge on any atom is -0.387 e. The number of hydrogen-bond acceptors (Lipinski definition) is 2. The van der Waals surface area contributed by atoms with E-state index in [1.54, 1.807) is 12.1 Å². The van der Waals surface area contributed by atoms with E-state index in [0.29, 0.717) is 0 Å². The van der Waals surface area contributed by atoms with Crippen molar-refractivity contribution in [2.24, 2.45) is 0 Å². The number of nitrogens with zero attached hydrogens (tertiary/aromatic N) is 2. The summed E-state index contributed by atoms with van der Waals surface area (Å²) in [6.45, 7) is 2.90. The van der Waals surface area contributed by atoms with Gasteiger partial charge in [-0.2, -0.15) is 0 Å². The van der Waals surface area contributed by atoms with Gasteiger partial charge in [0.05, 0.1) is 17.6 Å². The first-order valence-corrected chi connectivity index (χ1v) is 6.66. The number of aryl methyl sites for hydroxylation is 1. The van der Waals surface area contributed by atoms with Crippen LogP contribution in [0.25, 0.3) is 22.3 Å². The van der Waals surface area contributed by atoms with E-state index in [-0.39, 0.29) is 5.82 Å². The first kappa shape index (κ1) is 12.7. The maximum absolute atomic E-state index is 13.1. The Kier molecular flexibility index (Phi) is 3.14. The zero-order valence-electron chi connectivity index (χ0n) is 11.5. The molecule has 0 radical (unpaired) electrons. The van der Waals surface area contributed by atoms with Gasteiger partial charge in [0.15, 0.2) is 0 Å². The lowest BCUT2D eigenvalue weighted by molar-refractivity contribution is 0.628. The topological polar surface area (TPSA) is 29.9 Å². The van der Waals surface area contributed by atoms with E-state index >= 15 is 0 Å². The molecule has 0 aliphatic rings. The largest absolute Gasteiger partial charge is 0.387 e. The van der Waals surface area contributed by atoms with Gasteiger partial charge in [-0.15, -0.1) is 0 Å². The summed E-state index contributed by atoms with van der Waals surface area (Å²) in [6.07, 6.45) is 1.82. The van der Waals surface area contributed by atoms with Crippen LogP contribution in [0.5, 0.6) is 0 Å². The van der Waals surface area contributed by atoms with Gasteiger partial charge >= 0.3 is 0 Å². The quantitative estimate of drug-likeness (QED) is 0.781. The molecule has 0 saturated heterocycles. The van der Waals surface area contributed by atoms with Crippen molar-refractivity contribution in [1.82, 2.24) is 9.55 Å². The van der Waals surface area contributed by atoms with Gasteiger partial charge in [-0.3, -0.25) is 0 Å². The molecule has 0 fully saturated rings. The van der Waals surface area contributed by atoms with E-state index in [1.165, 1.54) is 12.1 Å². The summed E-state index contributed by atoms with van der Waals surface area (Å²) in [5.74, 6) is -0.219. The van der Waals surface area contributed by atoms with E-state index in [9.17, 15) is 4.39 Å². The molecule has 1 N–H and O–H groups in total. The molecular weight excluding hydrogens is 253 g/mol. The van der Waals surface area contributed by atoms with Crippen molar-refractivity contribution in [2.45, 2.75) is 13.5 Å². The van der Waals surface area contributed by atoms with E-state index < -0.39 is 0 Å². The Morgan fingerprint density at radius 1 is 1.20 bits per heavy atom. The van der Waals surface area contributed by atoms with Crippen LogP contribution in [-0.2, 0) is 6.54 Å². The van der Waals surface area contributed by atoms with Crippen molar-refractivity contribution >= 4 is 16.7 Å². The Bertz CT molecular complexity index is 744. The predicted molar refractivity (Wildman–Crippen MR) is 80.3 cm³/mol. The molecule has 0 saturated carbocycles. The zero-order chi connectivity index (χ0) is 14.1. The van der Waals surface area contributed by atoms with Crippen LogP contribution in [0.2, 0.25) is 0 Å². The normalized spacial score (nSPS) is 10.9. The molecule has 0 amide bonds. The number of halogens is 1. The number of aromatic nitrogens is 2. The second-order valence-corrected chi connectivity index (χ2v) is 4.67. The van der Waals surface area contributed by atoms with Crippen molar-refractivity contribution in [1.29, 1.82) is 0 Å². The summed E-state index contributed by atoms with van der Waals surface area (Å²) in [6, 6.07) is 10.7. The Morgan fingerprint density at radius 3 is 2.60 bits per heavy atom. The molecule has 20 heavy (non-hydrogen) atoms. The molecule has 2 aromatic heterocycles. The Balaban J connectivity index is 2.21. The number of fused-ring (bicyclic) bond motifs is 1. The number of nitrogens with one attached hydrogen (secondary N) is 1. The highest BCUT2D eigenvalue weighted by Gasteiger charge is 2.11. The molecule has 0 aliphatic heterocycles. The highest BCUT2D eigenvalue weighted by atomic mass is 19.1. The van der Waals surface area contributed by atoms with Crippen molar-refractivity contribution < 1.29 is 4.39 Å². The molecular formula is C16H16FN3. The van der Waals surface area contributed by atoms with Crippen LogP contribution in [0.4, 0.5) is 10.1 Å². The minimum absolute atomic E-state index is 0.219. The molecule has 1 aromatic carbocycles. The van der Waals surface area contributed by atoms with Gasteiger partial charge in [0.25, 0.3) is 0 Å². The smallest absolute Gasteiger partial charge is 0.140 e. The van der Waals surface area contributed by atoms with Gasteiger partial charge in [-0.1, -0.05) is 0 Å². The summed E-state index contributed by atoms with van der Waals surface area (Å²) >= 11 is 0. The fourth-order valence-corrected chi connectivity index (χ4v) is 2.46. The fourth-order valence-electron chi connectivity index (χ4n) is 2.46. The molecule has 4 heteroatoms. The molecule has 2 heterocycles. The third kappa shape index (κ3) is 2.03. The first-order chi connectivity index (χ1) is 9.72. The van der Waals surface area contributed by atoms with Crippen molar-refractivity contribution in [3.8, 4) is 11.3 Å². The van der Waals surface area contributed by atoms with Crippen molar-refractivity contribution in [3.05, 3.63) is 48.4 Å². The molecule has 3 rings (SSSR count). The third-order valence-electron chi connectivity index (χ3n) is 3.48. The molecule has 0 unspecified atom stereocenters. The number of rotatable bonds is 3. The van der Waals surface area contributed by atoms with Crippen LogP contribution in [-0.4, -0.2) is 16.6 Å². The van der Waals surface area contributed by atoms with Crippen LogP contribution in [0.1, 0.15) is 6.92 Å². The summed E-state index contributed by atoms with van der Waals surface area (Å²) in [5, 5.41) is 4.17. The maximum Gasteiger partial charge on any atom is 0.140 e. The first-order valence-electron chi connectivity index (χ1n) is 6.66. The lowest BCUT2D eigenvalue weighted by atomic mass is 10.1. The molecule has 0 spiro atoms. The minimum atomic E-state index is -0.219. The van der Waals surface area contributed by atoms with Crippen LogP contribution in [0.15, 0.2) is 42.6 Å². The van der Waals surface area contributed by atoms with E-state index in [2.05, 4.69) is 33.9 Å². The zero-order valence-corrected chi connectivity index (χ0v) is 11.5. The number of hydrogen-bond donors (Lipinski definition) is 1. The third-order valence-corrected chi connectivity index (χ3v) is 3.48. The van der Waals surface area contributed by atoms with Crippen LogP contribution < -0.4 is 5.32 Å². The average Bonchev–Trinajstić information content (AvgIpc) is 2.85. The van der Waals surface area contributed by atoms with Gasteiger partial charge in [0.2, 0.25) is 0 Å². The Hall–Kier alpha value is -2.36. The van der Waals surface area contributed by atoms with Gasteiger partial charge in [-0.25, -0.2) is 9.37 Å².